The molecule has 10 nitrogen and oxygen atoms in total. The van der Waals surface area contributed by atoms with Crippen LogP contribution in [0.3, 0.4) is 0 Å². The minimum atomic E-state index is -3.69. The predicted octanol–water partition coefficient (Wildman–Crippen LogP) is 4.95. The Hall–Kier alpha value is -3.74. The summed E-state index contributed by atoms with van der Waals surface area (Å²) in [4.78, 5) is 28.1. The molecule has 4 rings (SSSR count). The van der Waals surface area contributed by atoms with E-state index in [-0.39, 0.29) is 22.1 Å². The van der Waals surface area contributed by atoms with Gasteiger partial charge in [-0.3, -0.25) is 19.5 Å². The summed E-state index contributed by atoms with van der Waals surface area (Å²) in [6, 6.07) is 17.6. The molecule has 0 fully saturated rings. The number of hydrogen-bond acceptors (Lipinski definition) is 8. The van der Waals surface area contributed by atoms with Gasteiger partial charge in [-0.05, 0) is 42.5 Å². The van der Waals surface area contributed by atoms with Crippen molar-refractivity contribution >= 4 is 44.3 Å². The normalized spacial score (nSPS) is 11.7. The van der Waals surface area contributed by atoms with Gasteiger partial charge >= 0.3 is 0 Å². The van der Waals surface area contributed by atoms with Crippen molar-refractivity contribution in [2.45, 2.75) is 23.9 Å². The zero-order chi connectivity index (χ0) is 27.4. The topological polar surface area (TPSA) is 125 Å². The van der Waals surface area contributed by atoms with E-state index in [1.165, 1.54) is 46.4 Å². The van der Waals surface area contributed by atoms with Crippen molar-refractivity contribution in [1.82, 2.24) is 13.9 Å². The number of carbonyl (C=O) groups is 1. The van der Waals surface area contributed by atoms with Gasteiger partial charge in [0.15, 0.2) is 10.9 Å². The zero-order valence-electron chi connectivity index (χ0n) is 21.0. The summed E-state index contributed by atoms with van der Waals surface area (Å²) < 4.78 is 35.0. The van der Waals surface area contributed by atoms with E-state index in [4.69, 9.17) is 9.72 Å². The number of fused-ring (bicyclic) bond motifs is 1. The molecule has 4 aromatic rings. The second-order valence-corrected chi connectivity index (χ2v) is 11.0. The number of Topliss-reactive ketones (excluding diaryl/α,β-unsaturated/α-hetero) is 1. The van der Waals surface area contributed by atoms with Crippen LogP contribution in [0.1, 0.15) is 24.2 Å². The monoisotopic (exact) mass is 554 g/mol. The van der Waals surface area contributed by atoms with Gasteiger partial charge in [-0.25, -0.2) is 13.4 Å². The van der Waals surface area contributed by atoms with Crippen LogP contribution in [0.5, 0.6) is 5.75 Å². The highest BCUT2D eigenvalue weighted by atomic mass is 32.2. The van der Waals surface area contributed by atoms with E-state index in [0.717, 1.165) is 0 Å². The molecule has 3 aromatic carbocycles. The number of rotatable bonds is 11. The number of nitro groups is 1. The number of carbonyl (C=O) groups excluding carboxylic acids is 1. The number of nitro benzene ring substituents is 1. The van der Waals surface area contributed by atoms with Crippen molar-refractivity contribution in [3.8, 4) is 11.4 Å². The van der Waals surface area contributed by atoms with Crippen molar-refractivity contribution in [2.75, 3.05) is 26.0 Å². The number of sulfonamides is 1. The number of nitrogens with zero attached hydrogens (tertiary/aromatic N) is 4. The molecule has 1 aromatic heterocycles. The summed E-state index contributed by atoms with van der Waals surface area (Å²) in [6.07, 6.45) is 0. The number of ether oxygens (including phenoxy) is 1. The van der Waals surface area contributed by atoms with Gasteiger partial charge in [-0.2, -0.15) is 4.31 Å². The fourth-order valence-electron chi connectivity index (χ4n) is 4.04. The standard InChI is InChI=1S/C26H26N4O6S2/c1-4-28(5-2)38(34,35)20-14-15-22-21(16-20)27-26(29(22)23-8-6-7-9-25(23)36-3)37-17-24(31)18-10-12-19(13-11-18)30(32)33/h6-16H,4-5,17H2,1-3H3. The maximum absolute atomic E-state index is 13.1. The fraction of sp³-hybridized carbons (Fsp3) is 0.231. The van der Waals surface area contributed by atoms with E-state index in [1.807, 2.05) is 22.8 Å². The molecule has 0 atom stereocenters. The molecule has 0 aliphatic carbocycles. The van der Waals surface area contributed by atoms with Gasteiger partial charge in [-0.1, -0.05) is 37.7 Å². The lowest BCUT2D eigenvalue weighted by atomic mass is 10.1. The molecule has 0 saturated carbocycles. The summed E-state index contributed by atoms with van der Waals surface area (Å²) in [7, 11) is -2.14. The Morgan fingerprint density at radius 3 is 2.39 bits per heavy atom. The number of non-ortho nitro benzene ring substituents is 1. The van der Waals surface area contributed by atoms with E-state index in [9.17, 15) is 23.3 Å². The highest BCUT2D eigenvalue weighted by Gasteiger charge is 2.24. The molecule has 1 heterocycles. The maximum Gasteiger partial charge on any atom is 0.269 e. The quantitative estimate of drug-likeness (QED) is 0.110. The third-order valence-corrected chi connectivity index (χ3v) is 8.98. The first kappa shape index (κ1) is 27.3. The molecule has 0 radical (unpaired) electrons. The Morgan fingerprint density at radius 2 is 1.76 bits per heavy atom. The van der Waals surface area contributed by atoms with E-state index in [1.54, 1.807) is 39.2 Å². The number of benzene rings is 3. The van der Waals surface area contributed by atoms with E-state index >= 15 is 0 Å². The minimum absolute atomic E-state index is 0.0148. The lowest BCUT2D eigenvalue weighted by Gasteiger charge is -2.18. The number of thioether (sulfide) groups is 1. The fourth-order valence-corrected chi connectivity index (χ4v) is 6.43. The van der Waals surface area contributed by atoms with Crippen molar-refractivity contribution in [1.29, 1.82) is 0 Å². The largest absolute Gasteiger partial charge is 0.495 e. The predicted molar refractivity (Wildman–Crippen MR) is 146 cm³/mol. The van der Waals surface area contributed by atoms with Crippen LogP contribution in [0.4, 0.5) is 5.69 Å². The maximum atomic E-state index is 13.1. The van der Waals surface area contributed by atoms with Crippen molar-refractivity contribution in [2.24, 2.45) is 0 Å². The SMILES string of the molecule is CCN(CC)S(=O)(=O)c1ccc2c(c1)nc(SCC(=O)c1ccc([N+](=O)[O-])cc1)n2-c1ccccc1OC. The lowest BCUT2D eigenvalue weighted by Crippen LogP contribution is -2.30. The molecule has 0 saturated heterocycles. The average molecular weight is 555 g/mol. The average Bonchev–Trinajstić information content (AvgIpc) is 3.29. The highest BCUT2D eigenvalue weighted by molar-refractivity contribution is 7.99. The van der Waals surface area contributed by atoms with Gasteiger partial charge in [-0.15, -0.1) is 0 Å². The summed E-state index contributed by atoms with van der Waals surface area (Å²) in [6.45, 7) is 4.26. The second-order valence-electron chi connectivity index (χ2n) is 8.16. The molecule has 0 spiro atoms. The first-order valence-corrected chi connectivity index (χ1v) is 14.2. The molecule has 0 bridgehead atoms. The van der Waals surface area contributed by atoms with Crippen LogP contribution < -0.4 is 4.74 Å². The van der Waals surface area contributed by atoms with E-state index in [2.05, 4.69) is 0 Å². The number of methoxy groups -OCH3 is 1. The number of ketones is 1. The van der Waals surface area contributed by atoms with E-state index in [0.29, 0.717) is 46.3 Å². The van der Waals surface area contributed by atoms with Crippen LogP contribution in [0.25, 0.3) is 16.7 Å². The van der Waals surface area contributed by atoms with Crippen LogP contribution in [-0.4, -0.2) is 58.9 Å². The molecule has 198 valence electrons. The lowest BCUT2D eigenvalue weighted by molar-refractivity contribution is -0.384. The van der Waals surface area contributed by atoms with E-state index < -0.39 is 14.9 Å². The number of para-hydroxylation sites is 2. The third kappa shape index (κ3) is 5.28. The number of aromatic nitrogens is 2. The van der Waals surface area contributed by atoms with Gasteiger partial charge < -0.3 is 4.74 Å². The van der Waals surface area contributed by atoms with Gasteiger partial charge in [0, 0.05) is 30.8 Å². The number of hydrogen-bond donors (Lipinski definition) is 0. The molecular weight excluding hydrogens is 528 g/mol. The van der Waals surface area contributed by atoms with Crippen LogP contribution in [-0.2, 0) is 10.0 Å². The second kappa shape index (κ2) is 11.3. The van der Waals surface area contributed by atoms with Crippen molar-refractivity contribution in [3.05, 3.63) is 82.4 Å². The Labute approximate surface area is 224 Å². The van der Waals surface area contributed by atoms with Gasteiger partial charge in [0.1, 0.15) is 5.75 Å². The van der Waals surface area contributed by atoms with Crippen LogP contribution in [0.2, 0.25) is 0 Å². The first-order chi connectivity index (χ1) is 18.2. The first-order valence-electron chi connectivity index (χ1n) is 11.8. The number of imidazole rings is 1. The van der Waals surface area contributed by atoms with Gasteiger partial charge in [0.05, 0.1) is 39.4 Å². The summed E-state index contributed by atoms with van der Waals surface area (Å²) in [5.74, 6) is 0.365. The Morgan fingerprint density at radius 1 is 1.08 bits per heavy atom. The minimum Gasteiger partial charge on any atom is -0.495 e. The van der Waals surface area contributed by atoms with Crippen LogP contribution in [0.15, 0.2) is 76.8 Å². The van der Waals surface area contributed by atoms with Crippen molar-refractivity contribution < 1.29 is 22.9 Å². The summed E-state index contributed by atoms with van der Waals surface area (Å²) in [5, 5.41) is 11.4. The smallest absolute Gasteiger partial charge is 0.269 e. The molecule has 0 amide bonds. The highest BCUT2D eigenvalue weighted by Crippen LogP contribution is 2.34. The molecule has 0 aliphatic rings. The molecule has 0 N–H and O–H groups in total. The third-order valence-electron chi connectivity index (χ3n) is 6.00. The van der Waals surface area contributed by atoms with Crippen LogP contribution >= 0.6 is 11.8 Å². The molecule has 38 heavy (non-hydrogen) atoms. The Balaban J connectivity index is 1.76. The Kier molecular flexibility index (Phi) is 8.14. The van der Waals surface area contributed by atoms with Crippen LogP contribution in [0, 0.1) is 10.1 Å². The van der Waals surface area contributed by atoms with Crippen molar-refractivity contribution in [3.63, 3.8) is 0 Å². The Bertz CT molecular complexity index is 1600. The molecule has 0 unspecified atom stereocenters. The summed E-state index contributed by atoms with van der Waals surface area (Å²) >= 11 is 1.18. The molecular formula is C26H26N4O6S2. The molecule has 0 aliphatic heterocycles. The molecule has 12 heteroatoms. The van der Waals surface area contributed by atoms with Gasteiger partial charge in [0.25, 0.3) is 5.69 Å². The van der Waals surface area contributed by atoms with Gasteiger partial charge in [0.2, 0.25) is 10.0 Å². The zero-order valence-corrected chi connectivity index (χ0v) is 22.7. The summed E-state index contributed by atoms with van der Waals surface area (Å²) in [5.41, 5.74) is 2.04.